The van der Waals surface area contributed by atoms with Gasteiger partial charge in [0.15, 0.2) is 5.82 Å². The van der Waals surface area contributed by atoms with E-state index in [9.17, 15) is 4.79 Å². The Bertz CT molecular complexity index is 821. The van der Waals surface area contributed by atoms with Gasteiger partial charge in [-0.3, -0.25) is 4.79 Å². The van der Waals surface area contributed by atoms with E-state index in [1.165, 1.54) is 37.7 Å². The summed E-state index contributed by atoms with van der Waals surface area (Å²) in [5, 5.41) is 7.97. The van der Waals surface area contributed by atoms with E-state index in [0.717, 1.165) is 40.6 Å². The standard InChI is InChI=1S/C21H29N3O3S/c1-3-4-5-14-6-8-15(9-7-14)19(25)23-21-18(20-22-13(2)24-27-20)16-10-11-26-12-17(16)28-21/h14-15H,3-12H2,1-2H3,(H,23,25). The molecule has 0 aromatic carbocycles. The second-order valence-corrected chi connectivity index (χ2v) is 9.11. The fourth-order valence-corrected chi connectivity index (χ4v) is 5.55. The number of hydrogen-bond donors (Lipinski definition) is 1. The van der Waals surface area contributed by atoms with Gasteiger partial charge in [-0.05, 0) is 50.5 Å². The van der Waals surface area contributed by atoms with E-state index in [4.69, 9.17) is 9.26 Å². The van der Waals surface area contributed by atoms with E-state index in [2.05, 4.69) is 22.4 Å². The second-order valence-electron chi connectivity index (χ2n) is 8.01. The first-order chi connectivity index (χ1) is 13.7. The number of aromatic nitrogens is 2. The lowest BCUT2D eigenvalue weighted by Crippen LogP contribution is -2.27. The summed E-state index contributed by atoms with van der Waals surface area (Å²) in [4.78, 5) is 18.6. The Morgan fingerprint density at radius 3 is 2.82 bits per heavy atom. The maximum absolute atomic E-state index is 13.0. The highest BCUT2D eigenvalue weighted by Gasteiger charge is 2.30. The zero-order chi connectivity index (χ0) is 19.5. The summed E-state index contributed by atoms with van der Waals surface area (Å²) in [6.45, 7) is 5.31. The van der Waals surface area contributed by atoms with E-state index >= 15 is 0 Å². The van der Waals surface area contributed by atoms with Gasteiger partial charge in [-0.1, -0.05) is 31.3 Å². The number of hydrogen-bond acceptors (Lipinski definition) is 6. The molecule has 3 heterocycles. The van der Waals surface area contributed by atoms with Gasteiger partial charge in [-0.2, -0.15) is 4.98 Å². The maximum atomic E-state index is 13.0. The molecule has 2 aromatic rings. The SMILES string of the molecule is CCCCC1CCC(C(=O)Nc2sc3c(c2-c2nc(C)no2)CCOC3)CC1. The molecule has 2 aliphatic rings. The number of anilines is 1. The summed E-state index contributed by atoms with van der Waals surface area (Å²) in [6.07, 6.45) is 8.99. The van der Waals surface area contributed by atoms with Gasteiger partial charge in [-0.15, -0.1) is 11.3 Å². The molecule has 0 spiro atoms. The minimum atomic E-state index is 0.102. The van der Waals surface area contributed by atoms with E-state index in [1.54, 1.807) is 11.3 Å². The summed E-state index contributed by atoms with van der Waals surface area (Å²) >= 11 is 1.59. The first-order valence-corrected chi connectivity index (χ1v) is 11.3. The van der Waals surface area contributed by atoms with Crippen LogP contribution < -0.4 is 5.32 Å². The van der Waals surface area contributed by atoms with Crippen molar-refractivity contribution in [1.29, 1.82) is 0 Å². The number of carbonyl (C=O) groups excluding carboxylic acids is 1. The Morgan fingerprint density at radius 1 is 1.29 bits per heavy atom. The molecule has 4 rings (SSSR count). The average Bonchev–Trinajstić information content (AvgIpc) is 3.29. The number of thiophene rings is 1. The van der Waals surface area contributed by atoms with Crippen molar-refractivity contribution in [2.75, 3.05) is 11.9 Å². The Hall–Kier alpha value is -1.73. The van der Waals surface area contributed by atoms with Gasteiger partial charge in [0.25, 0.3) is 5.89 Å². The van der Waals surface area contributed by atoms with Crippen LogP contribution in [0.4, 0.5) is 5.00 Å². The van der Waals surface area contributed by atoms with Crippen molar-refractivity contribution in [3.05, 3.63) is 16.3 Å². The first-order valence-electron chi connectivity index (χ1n) is 10.5. The first kappa shape index (κ1) is 19.6. The van der Waals surface area contributed by atoms with Crippen molar-refractivity contribution in [3.8, 4) is 11.5 Å². The molecule has 152 valence electrons. The van der Waals surface area contributed by atoms with Gasteiger partial charge in [0.1, 0.15) is 5.00 Å². The highest BCUT2D eigenvalue weighted by molar-refractivity contribution is 7.17. The molecule has 0 atom stereocenters. The Labute approximate surface area is 170 Å². The van der Waals surface area contributed by atoms with Gasteiger partial charge in [0.2, 0.25) is 5.91 Å². The third-order valence-electron chi connectivity index (χ3n) is 5.98. The molecule has 1 fully saturated rings. The zero-order valence-electron chi connectivity index (χ0n) is 16.8. The molecule has 1 aliphatic carbocycles. The lowest BCUT2D eigenvalue weighted by molar-refractivity contribution is -0.121. The van der Waals surface area contributed by atoms with Crippen molar-refractivity contribution in [2.24, 2.45) is 11.8 Å². The third-order valence-corrected chi connectivity index (χ3v) is 7.10. The molecule has 1 saturated carbocycles. The molecule has 2 aromatic heterocycles. The molecular formula is C21H29N3O3S. The molecule has 0 saturated heterocycles. The van der Waals surface area contributed by atoms with Crippen molar-refractivity contribution in [2.45, 2.75) is 71.8 Å². The third kappa shape index (κ3) is 4.15. The molecule has 7 heteroatoms. The fraction of sp³-hybridized carbons (Fsp3) is 0.667. The minimum Gasteiger partial charge on any atom is -0.376 e. The van der Waals surface area contributed by atoms with Crippen LogP contribution in [-0.4, -0.2) is 22.7 Å². The van der Waals surface area contributed by atoms with Crippen LogP contribution in [0.5, 0.6) is 0 Å². The molecule has 1 N–H and O–H groups in total. The summed E-state index contributed by atoms with van der Waals surface area (Å²) in [5.74, 6) is 2.13. The van der Waals surface area contributed by atoms with E-state index < -0.39 is 0 Å². The van der Waals surface area contributed by atoms with Gasteiger partial charge in [-0.25, -0.2) is 0 Å². The quantitative estimate of drug-likeness (QED) is 0.725. The number of ether oxygens (including phenoxy) is 1. The number of carbonyl (C=O) groups is 1. The number of aryl methyl sites for hydroxylation is 1. The van der Waals surface area contributed by atoms with Crippen molar-refractivity contribution >= 4 is 22.2 Å². The maximum Gasteiger partial charge on any atom is 0.261 e. The van der Waals surface area contributed by atoms with Crippen molar-refractivity contribution in [3.63, 3.8) is 0 Å². The lowest BCUT2D eigenvalue weighted by Gasteiger charge is -2.27. The fourth-order valence-electron chi connectivity index (χ4n) is 4.37. The Morgan fingerprint density at radius 2 is 2.11 bits per heavy atom. The molecular weight excluding hydrogens is 374 g/mol. The van der Waals surface area contributed by atoms with E-state index in [1.807, 2.05) is 6.92 Å². The minimum absolute atomic E-state index is 0.102. The van der Waals surface area contributed by atoms with Crippen LogP contribution in [0.2, 0.25) is 0 Å². The summed E-state index contributed by atoms with van der Waals surface area (Å²) < 4.78 is 11.0. The summed E-state index contributed by atoms with van der Waals surface area (Å²) in [6, 6.07) is 0. The zero-order valence-corrected chi connectivity index (χ0v) is 17.6. The van der Waals surface area contributed by atoms with Crippen molar-refractivity contribution < 1.29 is 14.1 Å². The number of fused-ring (bicyclic) bond motifs is 1. The van der Waals surface area contributed by atoms with Crippen LogP contribution >= 0.6 is 11.3 Å². The molecule has 0 bridgehead atoms. The highest BCUT2D eigenvalue weighted by Crippen LogP contribution is 2.43. The number of nitrogens with one attached hydrogen (secondary N) is 1. The monoisotopic (exact) mass is 403 g/mol. The molecule has 1 aliphatic heterocycles. The van der Waals surface area contributed by atoms with Gasteiger partial charge >= 0.3 is 0 Å². The lowest BCUT2D eigenvalue weighted by atomic mass is 9.79. The van der Waals surface area contributed by atoms with Crippen molar-refractivity contribution in [1.82, 2.24) is 10.1 Å². The van der Waals surface area contributed by atoms with Crippen LogP contribution in [0.3, 0.4) is 0 Å². The normalized spacial score (nSPS) is 22.1. The highest BCUT2D eigenvalue weighted by atomic mass is 32.1. The smallest absolute Gasteiger partial charge is 0.261 e. The predicted molar refractivity (Wildman–Crippen MR) is 109 cm³/mol. The average molecular weight is 404 g/mol. The number of nitrogens with zero attached hydrogens (tertiary/aromatic N) is 2. The molecule has 0 unspecified atom stereocenters. The molecule has 6 nitrogen and oxygen atoms in total. The number of unbranched alkanes of at least 4 members (excludes halogenated alkanes) is 1. The van der Waals surface area contributed by atoms with Gasteiger partial charge in [0, 0.05) is 10.8 Å². The van der Waals surface area contributed by atoms with Crippen LogP contribution in [0.1, 0.15) is 68.1 Å². The largest absolute Gasteiger partial charge is 0.376 e. The topological polar surface area (TPSA) is 77.3 Å². The van der Waals surface area contributed by atoms with Crippen LogP contribution in [0, 0.1) is 18.8 Å². The van der Waals surface area contributed by atoms with Gasteiger partial charge < -0.3 is 14.6 Å². The summed E-state index contributed by atoms with van der Waals surface area (Å²) in [5.41, 5.74) is 2.08. The van der Waals surface area contributed by atoms with Crippen LogP contribution in [-0.2, 0) is 22.6 Å². The molecule has 28 heavy (non-hydrogen) atoms. The Balaban J connectivity index is 1.49. The van der Waals surface area contributed by atoms with Crippen LogP contribution in [0.25, 0.3) is 11.5 Å². The number of amides is 1. The Kier molecular flexibility index (Phi) is 6.11. The van der Waals surface area contributed by atoms with E-state index in [-0.39, 0.29) is 11.8 Å². The second kappa shape index (κ2) is 8.74. The molecule has 0 radical (unpaired) electrons. The van der Waals surface area contributed by atoms with E-state index in [0.29, 0.717) is 24.9 Å². The predicted octanol–water partition coefficient (Wildman–Crippen LogP) is 5.11. The molecule has 1 amide bonds. The van der Waals surface area contributed by atoms with Gasteiger partial charge in [0.05, 0.1) is 18.8 Å². The summed E-state index contributed by atoms with van der Waals surface area (Å²) in [7, 11) is 0. The number of rotatable bonds is 6. The van der Waals surface area contributed by atoms with Crippen LogP contribution in [0.15, 0.2) is 4.52 Å².